The SMILES string of the molecule is C.C.C.C.C.C.C.C.C.C.C.C.CCCC(C)CC(C)C(=O)OC1C(O)C(OC(=O)C(C)CC(C)C(O)CC)OC(OC2CC(COC(=O)C(C)CC(C)C(O)CC)C(O)C(O)C2OSOOO)C1OC(=O)CC. The summed E-state index contributed by atoms with van der Waals surface area (Å²) in [4.78, 5) is 53.2. The summed E-state index contributed by atoms with van der Waals surface area (Å²) < 4.78 is 45.2. The zero-order valence-electron chi connectivity index (χ0n) is 37.9. The molecule has 1 aliphatic carbocycles. The van der Waals surface area contributed by atoms with Crippen LogP contribution in [0.1, 0.15) is 216 Å². The molecule has 458 valence electrons. The van der Waals surface area contributed by atoms with Crippen LogP contribution in [-0.4, -0.2) is 129 Å². The van der Waals surface area contributed by atoms with E-state index in [9.17, 15) is 44.7 Å². The summed E-state index contributed by atoms with van der Waals surface area (Å²) in [6, 6.07) is 0. The summed E-state index contributed by atoms with van der Waals surface area (Å²) in [5.74, 6) is -6.47. The van der Waals surface area contributed by atoms with Crippen molar-refractivity contribution in [3.8, 4) is 0 Å². The predicted octanol–water partition coefficient (Wildman–Crippen LogP) is 11.8. The molecule has 6 N–H and O–H groups in total. The summed E-state index contributed by atoms with van der Waals surface area (Å²) in [5.41, 5.74) is 0. The van der Waals surface area contributed by atoms with Crippen LogP contribution >= 0.6 is 12.3 Å². The van der Waals surface area contributed by atoms with Gasteiger partial charge in [0.1, 0.15) is 12.2 Å². The highest BCUT2D eigenvalue weighted by molar-refractivity contribution is 7.89. The minimum atomic E-state index is -1.92. The van der Waals surface area contributed by atoms with Crippen molar-refractivity contribution in [1.82, 2.24) is 0 Å². The molecular weight excluding hydrogens is 985 g/mol. The Hall–Kier alpha value is -2.21. The standard InChI is InChI=1S/C42H74O19S.12CH4/c1-11-15-21(5)16-24(8)39(50)56-36-34(48)41(57-40(51)26(10)18-23(7)29(44)13-3)58-42(37(36)55-31(45)14-4)54-30-19-27(32(46)33(47)35(30)59-62-61-60-52)20-53-38(49)25(9)17-22(6)28(43)12-2;;;;;;;;;;;;/h21-30,32-37,41-44,46-48,52H,11-20H2,1-10H3;12*1H4. The van der Waals surface area contributed by atoms with Gasteiger partial charge in [0.25, 0.3) is 0 Å². The predicted molar refractivity (Wildman–Crippen MR) is 301 cm³/mol. The lowest BCUT2D eigenvalue weighted by Gasteiger charge is -2.46. The van der Waals surface area contributed by atoms with Crippen LogP contribution in [0.25, 0.3) is 0 Å². The molecule has 0 aromatic carbocycles. The molecule has 0 radical (unpaired) electrons. The number of carbonyl (C=O) groups excluding carboxylic acids is 4. The molecule has 0 amide bonds. The lowest BCUT2D eigenvalue weighted by molar-refractivity contribution is -0.435. The fraction of sp³-hybridized carbons (Fsp3) is 0.926. The van der Waals surface area contributed by atoms with Crippen molar-refractivity contribution in [3.05, 3.63) is 0 Å². The van der Waals surface area contributed by atoms with Gasteiger partial charge < -0.3 is 54.0 Å². The van der Waals surface area contributed by atoms with Gasteiger partial charge in [-0.2, -0.15) is 0 Å². The van der Waals surface area contributed by atoms with Gasteiger partial charge in [0.2, 0.25) is 12.6 Å². The van der Waals surface area contributed by atoms with Crippen LogP contribution in [0.2, 0.25) is 0 Å². The third-order valence-corrected chi connectivity index (χ3v) is 12.3. The minimum absolute atomic E-state index is 0. The summed E-state index contributed by atoms with van der Waals surface area (Å²) in [5, 5.41) is 67.2. The quantitative estimate of drug-likeness (QED) is 0.0111. The maximum absolute atomic E-state index is 13.7. The Morgan fingerprint density at radius 1 is 0.595 bits per heavy atom. The van der Waals surface area contributed by atoms with Crippen LogP contribution in [0.4, 0.5) is 0 Å². The van der Waals surface area contributed by atoms with E-state index in [0.29, 0.717) is 25.7 Å². The molecule has 1 aliphatic heterocycles. The van der Waals surface area contributed by atoms with E-state index in [0.717, 1.165) is 12.8 Å². The average Bonchev–Trinajstić information content (AvgIpc) is 3.23. The Morgan fingerprint density at radius 2 is 1.07 bits per heavy atom. The van der Waals surface area contributed by atoms with Gasteiger partial charge in [-0.1, -0.05) is 176 Å². The summed E-state index contributed by atoms with van der Waals surface area (Å²) in [6.07, 6.45) is -13.4. The van der Waals surface area contributed by atoms with Crippen LogP contribution < -0.4 is 0 Å². The van der Waals surface area contributed by atoms with Crippen molar-refractivity contribution in [3.63, 3.8) is 0 Å². The molecule has 1 saturated carbocycles. The average molecular weight is 1110 g/mol. The zero-order valence-corrected chi connectivity index (χ0v) is 38.7. The molecule has 0 aromatic heterocycles. The molecule has 74 heavy (non-hydrogen) atoms. The first-order chi connectivity index (χ1) is 29.2. The molecule has 1 saturated heterocycles. The number of carbonyl (C=O) groups is 4. The highest BCUT2D eigenvalue weighted by atomic mass is 32.2. The number of hydrogen-bond donors (Lipinski definition) is 6. The van der Waals surface area contributed by atoms with Gasteiger partial charge in [-0.25, -0.2) is 5.26 Å². The molecule has 18 atom stereocenters. The van der Waals surface area contributed by atoms with Gasteiger partial charge in [-0.05, 0) is 56.3 Å². The lowest BCUT2D eigenvalue weighted by atomic mass is 9.81. The van der Waals surface area contributed by atoms with Crippen molar-refractivity contribution in [2.24, 2.45) is 41.4 Å². The molecule has 0 bridgehead atoms. The van der Waals surface area contributed by atoms with E-state index in [1.807, 2.05) is 27.7 Å². The molecule has 0 aromatic rings. The maximum atomic E-state index is 13.7. The molecule has 0 spiro atoms. The Kier molecular flexibility index (Phi) is 64.6. The second-order valence-electron chi connectivity index (χ2n) is 17.3. The highest BCUT2D eigenvalue weighted by Gasteiger charge is 2.55. The number of rotatable bonds is 27. The first-order valence-electron chi connectivity index (χ1n) is 22.0. The van der Waals surface area contributed by atoms with Crippen molar-refractivity contribution in [1.29, 1.82) is 0 Å². The van der Waals surface area contributed by atoms with Gasteiger partial charge in [-0.3, -0.25) is 23.4 Å². The third-order valence-electron chi connectivity index (χ3n) is 11.9. The van der Waals surface area contributed by atoms with Gasteiger partial charge in [0, 0.05) is 12.3 Å². The van der Waals surface area contributed by atoms with Crippen LogP contribution in [0.15, 0.2) is 0 Å². The minimum Gasteiger partial charge on any atom is -0.465 e. The van der Waals surface area contributed by atoms with Crippen molar-refractivity contribution < 1.29 is 91.9 Å². The Bertz CT molecular complexity index is 1350. The van der Waals surface area contributed by atoms with Crippen molar-refractivity contribution >= 4 is 36.2 Å². The van der Waals surface area contributed by atoms with E-state index in [2.05, 4.69) is 9.37 Å². The number of hydrogen-bond acceptors (Lipinski definition) is 20. The van der Waals surface area contributed by atoms with Gasteiger partial charge in [0.05, 0.1) is 48.8 Å². The Morgan fingerprint density at radius 3 is 1.53 bits per heavy atom. The monoisotopic (exact) mass is 1110 g/mol. The lowest BCUT2D eigenvalue weighted by Crippen LogP contribution is -2.64. The second-order valence-corrected chi connectivity index (χ2v) is 17.7. The van der Waals surface area contributed by atoms with Crippen LogP contribution in [-0.2, 0) is 61.2 Å². The zero-order chi connectivity index (χ0) is 46.8. The summed E-state index contributed by atoms with van der Waals surface area (Å²) >= 11 is 0.0688. The largest absolute Gasteiger partial charge is 0.465 e. The molecule has 1 heterocycles. The van der Waals surface area contributed by atoms with Gasteiger partial charge in [0.15, 0.2) is 30.6 Å². The number of aliphatic hydroxyl groups is 5. The molecule has 18 unspecified atom stereocenters. The number of esters is 4. The molecular formula is C54H122O19S. The second kappa shape index (κ2) is 49.1. The molecule has 2 fully saturated rings. The van der Waals surface area contributed by atoms with E-state index in [1.54, 1.807) is 34.6 Å². The maximum Gasteiger partial charge on any atom is 0.311 e. The Balaban J connectivity index is -0.000000367. The molecule has 2 rings (SSSR count). The Labute approximate surface area is 458 Å². The first kappa shape index (κ1) is 97.4. The normalized spacial score (nSPS) is 25.5. The van der Waals surface area contributed by atoms with Crippen LogP contribution in [0.3, 0.4) is 0 Å². The highest BCUT2D eigenvalue weighted by Crippen LogP contribution is 2.37. The fourth-order valence-corrected chi connectivity index (χ4v) is 8.36. The topological polar surface area (TPSA) is 273 Å². The van der Waals surface area contributed by atoms with Crippen molar-refractivity contribution in [2.75, 3.05) is 6.61 Å². The molecule has 2 aliphatic rings. The number of aliphatic hydroxyl groups excluding tert-OH is 5. The molecule has 20 heteroatoms. The van der Waals surface area contributed by atoms with E-state index in [1.165, 1.54) is 6.92 Å². The fourth-order valence-electron chi connectivity index (χ4n) is 7.97. The van der Waals surface area contributed by atoms with E-state index in [4.69, 9.17) is 37.9 Å². The smallest absolute Gasteiger partial charge is 0.311 e. The van der Waals surface area contributed by atoms with Gasteiger partial charge >= 0.3 is 23.9 Å². The summed E-state index contributed by atoms with van der Waals surface area (Å²) in [7, 11) is 0. The van der Waals surface area contributed by atoms with E-state index in [-0.39, 0.29) is 138 Å². The third kappa shape index (κ3) is 30.1. The van der Waals surface area contributed by atoms with Gasteiger partial charge in [-0.15, -0.1) is 4.33 Å². The van der Waals surface area contributed by atoms with Crippen LogP contribution in [0, 0.1) is 41.4 Å². The molecule has 19 nitrogen and oxygen atoms in total. The van der Waals surface area contributed by atoms with E-state index >= 15 is 0 Å². The van der Waals surface area contributed by atoms with Crippen LogP contribution in [0.5, 0.6) is 0 Å². The number of ether oxygens (including phenoxy) is 6. The summed E-state index contributed by atoms with van der Waals surface area (Å²) in [6.45, 7) is 17.2. The first-order valence-corrected chi connectivity index (χ1v) is 22.7. The van der Waals surface area contributed by atoms with E-state index < -0.39 is 122 Å². The van der Waals surface area contributed by atoms with Crippen molar-refractivity contribution in [2.45, 2.75) is 284 Å².